The number of aliphatic hydroxyl groups excluding tert-OH is 1. The average molecular weight is 530 g/mol. The van der Waals surface area contributed by atoms with E-state index in [2.05, 4.69) is 22.8 Å². The van der Waals surface area contributed by atoms with Crippen LogP contribution in [0.3, 0.4) is 0 Å². The van der Waals surface area contributed by atoms with Crippen molar-refractivity contribution in [2.45, 2.75) is 51.4 Å². The standard InChI is InChI=1S/C28H35N3O5.ClH/c1-2-36-26-13-22-21(17-31(28(22)34)16-18-7-9-35-10-8-18)11-23(26)27(33)30-15-25(32)24-12-19-5-3-4-6-20(19)14-29-24;/h3-6,11,13,18,24-25,29,32H,2,7-10,12,14-17H2,1H3,(H,30,33);1H. The molecule has 0 aromatic heterocycles. The van der Waals surface area contributed by atoms with Crippen molar-refractivity contribution < 1.29 is 24.2 Å². The van der Waals surface area contributed by atoms with Crippen molar-refractivity contribution in [2.75, 3.05) is 32.9 Å². The van der Waals surface area contributed by atoms with Crippen molar-refractivity contribution in [3.63, 3.8) is 0 Å². The van der Waals surface area contributed by atoms with Gasteiger partial charge in [0.1, 0.15) is 5.75 Å². The summed E-state index contributed by atoms with van der Waals surface area (Å²) in [6, 6.07) is 11.5. The Morgan fingerprint density at radius 1 is 1.22 bits per heavy atom. The number of benzene rings is 2. The lowest BCUT2D eigenvalue weighted by molar-refractivity contribution is 0.0469. The van der Waals surface area contributed by atoms with E-state index < -0.39 is 6.10 Å². The second-order valence-electron chi connectivity index (χ2n) is 9.92. The number of halogens is 1. The number of ether oxygens (including phenoxy) is 2. The first-order chi connectivity index (χ1) is 17.5. The predicted molar refractivity (Wildman–Crippen MR) is 142 cm³/mol. The van der Waals surface area contributed by atoms with Gasteiger partial charge in [0.15, 0.2) is 0 Å². The minimum Gasteiger partial charge on any atom is -0.493 e. The quantitative estimate of drug-likeness (QED) is 0.486. The van der Waals surface area contributed by atoms with Crippen molar-refractivity contribution >= 4 is 24.2 Å². The fraction of sp³-hybridized carbons (Fsp3) is 0.500. The molecular weight excluding hydrogens is 494 g/mol. The number of fused-ring (bicyclic) bond motifs is 2. The van der Waals surface area contributed by atoms with Gasteiger partial charge in [0.25, 0.3) is 11.8 Å². The van der Waals surface area contributed by atoms with Crippen LogP contribution in [0.4, 0.5) is 0 Å². The van der Waals surface area contributed by atoms with Gasteiger partial charge >= 0.3 is 0 Å². The van der Waals surface area contributed by atoms with Crippen LogP contribution < -0.4 is 15.4 Å². The zero-order valence-corrected chi connectivity index (χ0v) is 22.0. The lowest BCUT2D eigenvalue weighted by atomic mass is 9.93. The fourth-order valence-corrected chi connectivity index (χ4v) is 5.43. The highest BCUT2D eigenvalue weighted by atomic mass is 35.5. The molecule has 8 nitrogen and oxygen atoms in total. The zero-order valence-electron chi connectivity index (χ0n) is 21.2. The normalized spacial score (nSPS) is 20.0. The molecule has 1 fully saturated rings. The van der Waals surface area contributed by atoms with Gasteiger partial charge in [-0.2, -0.15) is 0 Å². The predicted octanol–water partition coefficient (Wildman–Crippen LogP) is 2.69. The lowest BCUT2D eigenvalue weighted by Gasteiger charge is -2.30. The van der Waals surface area contributed by atoms with E-state index in [0.717, 1.165) is 31.6 Å². The van der Waals surface area contributed by atoms with Crippen LogP contribution in [0.25, 0.3) is 0 Å². The molecule has 2 atom stereocenters. The third-order valence-electron chi connectivity index (χ3n) is 7.50. The van der Waals surface area contributed by atoms with Crippen LogP contribution in [0, 0.1) is 5.92 Å². The van der Waals surface area contributed by atoms with E-state index in [-0.39, 0.29) is 36.8 Å². The first kappa shape index (κ1) is 27.4. The van der Waals surface area contributed by atoms with E-state index >= 15 is 0 Å². The lowest BCUT2D eigenvalue weighted by Crippen LogP contribution is -2.49. The van der Waals surface area contributed by atoms with E-state index in [9.17, 15) is 14.7 Å². The molecule has 0 radical (unpaired) electrons. The van der Waals surface area contributed by atoms with E-state index in [4.69, 9.17) is 9.47 Å². The summed E-state index contributed by atoms with van der Waals surface area (Å²) in [5.74, 6) is 0.512. The maximum absolute atomic E-state index is 13.2. The second kappa shape index (κ2) is 12.3. The number of aliphatic hydroxyl groups is 1. The molecule has 37 heavy (non-hydrogen) atoms. The van der Waals surface area contributed by atoms with Crippen molar-refractivity contribution in [1.29, 1.82) is 0 Å². The average Bonchev–Trinajstić information content (AvgIpc) is 3.21. The summed E-state index contributed by atoms with van der Waals surface area (Å²) in [7, 11) is 0. The van der Waals surface area contributed by atoms with Gasteiger partial charge in [-0.3, -0.25) is 9.59 Å². The van der Waals surface area contributed by atoms with Gasteiger partial charge in [-0.15, -0.1) is 12.4 Å². The maximum Gasteiger partial charge on any atom is 0.255 e. The number of carbonyl (C=O) groups is 2. The van der Waals surface area contributed by atoms with E-state index in [1.54, 1.807) is 12.1 Å². The Morgan fingerprint density at radius 3 is 2.73 bits per heavy atom. The van der Waals surface area contributed by atoms with Crippen LogP contribution in [0.5, 0.6) is 5.75 Å². The van der Waals surface area contributed by atoms with Gasteiger partial charge < -0.3 is 30.1 Å². The summed E-state index contributed by atoms with van der Waals surface area (Å²) in [5.41, 5.74) is 4.30. The molecule has 2 unspecified atom stereocenters. The number of hydrogen-bond acceptors (Lipinski definition) is 6. The van der Waals surface area contributed by atoms with Crippen LogP contribution in [0.2, 0.25) is 0 Å². The summed E-state index contributed by atoms with van der Waals surface area (Å²) in [5, 5.41) is 17.0. The molecule has 2 aromatic rings. The summed E-state index contributed by atoms with van der Waals surface area (Å²) < 4.78 is 11.2. The van der Waals surface area contributed by atoms with Crippen molar-refractivity contribution in [3.05, 3.63) is 64.2 Å². The molecular formula is C28H36ClN3O5. The number of nitrogens with one attached hydrogen (secondary N) is 2. The molecule has 2 aromatic carbocycles. The van der Waals surface area contributed by atoms with Crippen LogP contribution in [-0.4, -0.2) is 66.9 Å². The number of hydrogen-bond donors (Lipinski definition) is 3. The number of amides is 2. The Bertz CT molecular complexity index is 1120. The number of rotatable bonds is 8. The van der Waals surface area contributed by atoms with Gasteiger partial charge in [-0.25, -0.2) is 0 Å². The van der Waals surface area contributed by atoms with Crippen LogP contribution in [-0.2, 0) is 24.2 Å². The summed E-state index contributed by atoms with van der Waals surface area (Å²) in [6.07, 6.45) is 1.90. The summed E-state index contributed by atoms with van der Waals surface area (Å²) in [6.45, 7) is 5.73. The van der Waals surface area contributed by atoms with Gasteiger partial charge in [0.2, 0.25) is 0 Å². The Balaban J connectivity index is 0.00000320. The van der Waals surface area contributed by atoms with Crippen molar-refractivity contribution in [2.24, 2.45) is 5.92 Å². The maximum atomic E-state index is 13.2. The Labute approximate surface area is 224 Å². The molecule has 9 heteroatoms. The third-order valence-corrected chi connectivity index (χ3v) is 7.50. The van der Waals surface area contributed by atoms with E-state index in [0.29, 0.717) is 55.5 Å². The molecule has 0 saturated carbocycles. The number of carbonyl (C=O) groups excluding carboxylic acids is 2. The fourth-order valence-electron chi connectivity index (χ4n) is 5.43. The van der Waals surface area contributed by atoms with E-state index in [1.807, 2.05) is 24.0 Å². The van der Waals surface area contributed by atoms with Gasteiger partial charge in [0.05, 0.1) is 18.3 Å². The Morgan fingerprint density at radius 2 is 1.97 bits per heavy atom. The van der Waals surface area contributed by atoms with Gasteiger partial charge in [-0.05, 0) is 60.9 Å². The summed E-state index contributed by atoms with van der Waals surface area (Å²) in [4.78, 5) is 28.1. The first-order valence-corrected chi connectivity index (χ1v) is 13.0. The molecule has 0 bridgehead atoms. The Kier molecular flexibility index (Phi) is 9.08. The smallest absolute Gasteiger partial charge is 0.255 e. The zero-order chi connectivity index (χ0) is 25.1. The molecule has 3 aliphatic rings. The van der Waals surface area contributed by atoms with Gasteiger partial charge in [-0.1, -0.05) is 24.3 Å². The minimum absolute atomic E-state index is 0. The SMILES string of the molecule is CCOc1cc2c(cc1C(=O)NCC(O)C1Cc3ccccc3CN1)CN(CC1CCOCC1)C2=O.Cl. The monoisotopic (exact) mass is 529 g/mol. The highest BCUT2D eigenvalue weighted by Gasteiger charge is 2.32. The summed E-state index contributed by atoms with van der Waals surface area (Å²) >= 11 is 0. The topological polar surface area (TPSA) is 100 Å². The highest BCUT2D eigenvalue weighted by Crippen LogP contribution is 2.32. The molecule has 0 aliphatic carbocycles. The van der Waals surface area contributed by atoms with Crippen LogP contribution >= 0.6 is 12.4 Å². The van der Waals surface area contributed by atoms with Gasteiger partial charge in [0, 0.05) is 51.0 Å². The largest absolute Gasteiger partial charge is 0.493 e. The van der Waals surface area contributed by atoms with E-state index in [1.165, 1.54) is 11.1 Å². The molecule has 1 saturated heterocycles. The second-order valence-corrected chi connectivity index (χ2v) is 9.92. The molecule has 3 aliphatic heterocycles. The van der Waals surface area contributed by atoms with Crippen molar-refractivity contribution in [3.8, 4) is 5.75 Å². The minimum atomic E-state index is -0.733. The third kappa shape index (κ3) is 6.09. The number of nitrogens with zero attached hydrogens (tertiary/aromatic N) is 1. The van der Waals surface area contributed by atoms with Crippen LogP contribution in [0.15, 0.2) is 36.4 Å². The molecule has 2 amide bonds. The molecule has 3 heterocycles. The Hall–Kier alpha value is -2.65. The molecule has 3 N–H and O–H groups in total. The highest BCUT2D eigenvalue weighted by molar-refractivity contribution is 6.03. The first-order valence-electron chi connectivity index (χ1n) is 13.0. The molecule has 0 spiro atoms. The van der Waals surface area contributed by atoms with Crippen LogP contribution in [0.1, 0.15) is 57.2 Å². The molecule has 200 valence electrons. The van der Waals surface area contributed by atoms with Crippen molar-refractivity contribution in [1.82, 2.24) is 15.5 Å². The molecule has 5 rings (SSSR count).